The smallest absolute Gasteiger partial charge is 0.118 e. The van der Waals surface area contributed by atoms with Crippen LogP contribution in [-0.4, -0.2) is 19.1 Å². The predicted molar refractivity (Wildman–Crippen MR) is 72.9 cm³/mol. The normalized spacial score (nSPS) is 12.2. The Kier molecular flexibility index (Phi) is 3.95. The van der Waals surface area contributed by atoms with Gasteiger partial charge in [-0.25, -0.2) is 0 Å². The largest absolute Gasteiger partial charge is 0.497 e. The zero-order valence-corrected chi connectivity index (χ0v) is 11.0. The van der Waals surface area contributed by atoms with Gasteiger partial charge in [-0.3, -0.25) is 4.98 Å². The van der Waals surface area contributed by atoms with Crippen LogP contribution in [0.2, 0.25) is 0 Å². The highest BCUT2D eigenvalue weighted by atomic mass is 16.5. The SMILES string of the molecule is CNC(c1ccc(OC)cc1)c1cc(C)ccn1. The number of rotatable bonds is 4. The second-order valence-corrected chi connectivity index (χ2v) is 4.25. The van der Waals surface area contributed by atoms with E-state index in [0.717, 1.165) is 11.4 Å². The lowest BCUT2D eigenvalue weighted by Gasteiger charge is -2.16. The van der Waals surface area contributed by atoms with Gasteiger partial charge in [0.1, 0.15) is 5.75 Å². The van der Waals surface area contributed by atoms with Gasteiger partial charge in [0.05, 0.1) is 18.8 Å². The topological polar surface area (TPSA) is 34.1 Å². The molecule has 0 fully saturated rings. The molecular formula is C15H18N2O. The Bertz CT molecular complexity index is 508. The predicted octanol–water partition coefficient (Wildman–Crippen LogP) is 2.71. The molecule has 0 aliphatic rings. The van der Waals surface area contributed by atoms with E-state index in [2.05, 4.69) is 35.4 Å². The summed E-state index contributed by atoms with van der Waals surface area (Å²) < 4.78 is 5.17. The van der Waals surface area contributed by atoms with Crippen LogP contribution < -0.4 is 10.1 Å². The van der Waals surface area contributed by atoms with Crippen molar-refractivity contribution in [3.8, 4) is 5.75 Å². The lowest BCUT2D eigenvalue weighted by Crippen LogP contribution is -2.18. The first-order valence-electron chi connectivity index (χ1n) is 5.98. The number of pyridine rings is 1. The minimum atomic E-state index is 0.107. The molecular weight excluding hydrogens is 224 g/mol. The molecule has 1 unspecified atom stereocenters. The maximum Gasteiger partial charge on any atom is 0.118 e. The van der Waals surface area contributed by atoms with Gasteiger partial charge in [0.2, 0.25) is 0 Å². The molecule has 2 rings (SSSR count). The fraction of sp³-hybridized carbons (Fsp3) is 0.267. The van der Waals surface area contributed by atoms with E-state index >= 15 is 0 Å². The van der Waals surface area contributed by atoms with Crippen LogP contribution in [0.1, 0.15) is 22.9 Å². The molecule has 1 heterocycles. The lowest BCUT2D eigenvalue weighted by atomic mass is 10.0. The second-order valence-electron chi connectivity index (χ2n) is 4.25. The molecule has 0 aliphatic heterocycles. The number of nitrogens with zero attached hydrogens (tertiary/aromatic N) is 1. The quantitative estimate of drug-likeness (QED) is 0.895. The average Bonchev–Trinajstić information content (AvgIpc) is 2.40. The summed E-state index contributed by atoms with van der Waals surface area (Å²) in [5, 5.41) is 3.30. The van der Waals surface area contributed by atoms with Gasteiger partial charge in [0, 0.05) is 6.20 Å². The van der Waals surface area contributed by atoms with Crippen LogP contribution >= 0.6 is 0 Å². The van der Waals surface area contributed by atoms with Crippen molar-refractivity contribution in [1.82, 2.24) is 10.3 Å². The summed E-state index contributed by atoms with van der Waals surface area (Å²) in [5.74, 6) is 0.866. The van der Waals surface area contributed by atoms with Crippen LogP contribution in [-0.2, 0) is 0 Å². The number of ether oxygens (including phenoxy) is 1. The first kappa shape index (κ1) is 12.6. The van der Waals surface area contributed by atoms with Gasteiger partial charge in [-0.1, -0.05) is 12.1 Å². The number of hydrogen-bond acceptors (Lipinski definition) is 3. The summed E-state index contributed by atoms with van der Waals surface area (Å²) in [6.07, 6.45) is 1.85. The third kappa shape index (κ3) is 2.68. The van der Waals surface area contributed by atoms with Crippen LogP contribution in [0.5, 0.6) is 5.75 Å². The Balaban J connectivity index is 2.32. The number of benzene rings is 1. The van der Waals surface area contributed by atoms with Crippen LogP contribution in [0.15, 0.2) is 42.6 Å². The van der Waals surface area contributed by atoms with E-state index in [1.165, 1.54) is 11.1 Å². The van der Waals surface area contributed by atoms with Gasteiger partial charge in [0.15, 0.2) is 0 Å². The Labute approximate surface area is 108 Å². The molecule has 0 amide bonds. The Hall–Kier alpha value is -1.87. The first-order valence-corrected chi connectivity index (χ1v) is 5.98. The first-order chi connectivity index (χ1) is 8.74. The maximum atomic E-state index is 5.17. The number of nitrogens with one attached hydrogen (secondary N) is 1. The summed E-state index contributed by atoms with van der Waals surface area (Å²) in [4.78, 5) is 4.44. The molecule has 1 aromatic carbocycles. The van der Waals surface area contributed by atoms with Crippen molar-refractivity contribution >= 4 is 0 Å². The Morgan fingerprint density at radius 1 is 1.17 bits per heavy atom. The number of methoxy groups -OCH3 is 1. The average molecular weight is 242 g/mol. The van der Waals surface area contributed by atoms with Crippen LogP contribution in [0.3, 0.4) is 0 Å². The van der Waals surface area contributed by atoms with Crippen molar-refractivity contribution in [1.29, 1.82) is 0 Å². The molecule has 94 valence electrons. The standard InChI is InChI=1S/C15H18N2O/c1-11-8-9-17-14(10-11)15(16-2)12-4-6-13(18-3)7-5-12/h4-10,15-16H,1-3H3. The van der Waals surface area contributed by atoms with Crippen molar-refractivity contribution in [2.45, 2.75) is 13.0 Å². The fourth-order valence-electron chi connectivity index (χ4n) is 2.00. The van der Waals surface area contributed by atoms with E-state index in [0.29, 0.717) is 0 Å². The molecule has 0 saturated carbocycles. The molecule has 1 N–H and O–H groups in total. The van der Waals surface area contributed by atoms with Crippen molar-refractivity contribution in [3.05, 3.63) is 59.4 Å². The summed E-state index contributed by atoms with van der Waals surface area (Å²) in [6.45, 7) is 2.08. The molecule has 0 aliphatic carbocycles. The molecule has 0 radical (unpaired) electrons. The van der Waals surface area contributed by atoms with E-state index in [-0.39, 0.29) is 6.04 Å². The molecule has 1 aromatic heterocycles. The second kappa shape index (κ2) is 5.65. The van der Waals surface area contributed by atoms with Gasteiger partial charge in [-0.2, -0.15) is 0 Å². The van der Waals surface area contributed by atoms with Gasteiger partial charge in [-0.05, 0) is 49.4 Å². The zero-order chi connectivity index (χ0) is 13.0. The van der Waals surface area contributed by atoms with Gasteiger partial charge < -0.3 is 10.1 Å². The van der Waals surface area contributed by atoms with E-state index in [1.54, 1.807) is 7.11 Å². The van der Waals surface area contributed by atoms with Gasteiger partial charge in [-0.15, -0.1) is 0 Å². The molecule has 0 bridgehead atoms. The number of aryl methyl sites for hydroxylation is 1. The molecule has 1 atom stereocenters. The minimum absolute atomic E-state index is 0.107. The number of aromatic nitrogens is 1. The van der Waals surface area contributed by atoms with E-state index in [4.69, 9.17) is 4.74 Å². The third-order valence-electron chi connectivity index (χ3n) is 2.97. The lowest BCUT2D eigenvalue weighted by molar-refractivity contribution is 0.414. The van der Waals surface area contributed by atoms with Crippen molar-refractivity contribution in [3.63, 3.8) is 0 Å². The maximum absolute atomic E-state index is 5.17. The summed E-state index contributed by atoms with van der Waals surface area (Å²) in [7, 11) is 3.62. The molecule has 0 saturated heterocycles. The summed E-state index contributed by atoms with van der Waals surface area (Å²) in [6, 6.07) is 12.3. The molecule has 0 spiro atoms. The summed E-state index contributed by atoms with van der Waals surface area (Å²) in [5.41, 5.74) is 3.42. The highest BCUT2D eigenvalue weighted by molar-refractivity contribution is 5.34. The van der Waals surface area contributed by atoms with Crippen molar-refractivity contribution < 1.29 is 4.74 Å². The molecule has 3 nitrogen and oxygen atoms in total. The molecule has 2 aromatic rings. The number of hydrogen-bond donors (Lipinski definition) is 1. The zero-order valence-electron chi connectivity index (χ0n) is 11.0. The van der Waals surface area contributed by atoms with E-state index in [1.807, 2.05) is 31.4 Å². The minimum Gasteiger partial charge on any atom is -0.497 e. The Morgan fingerprint density at radius 2 is 1.89 bits per heavy atom. The van der Waals surface area contributed by atoms with Crippen LogP contribution in [0, 0.1) is 6.92 Å². The summed E-state index contributed by atoms with van der Waals surface area (Å²) >= 11 is 0. The highest BCUT2D eigenvalue weighted by Crippen LogP contribution is 2.22. The van der Waals surface area contributed by atoms with Crippen LogP contribution in [0.25, 0.3) is 0 Å². The molecule has 18 heavy (non-hydrogen) atoms. The van der Waals surface area contributed by atoms with Gasteiger partial charge in [0.25, 0.3) is 0 Å². The van der Waals surface area contributed by atoms with Crippen molar-refractivity contribution in [2.75, 3.05) is 14.2 Å². The third-order valence-corrected chi connectivity index (χ3v) is 2.97. The van der Waals surface area contributed by atoms with Crippen LogP contribution in [0.4, 0.5) is 0 Å². The fourth-order valence-corrected chi connectivity index (χ4v) is 2.00. The monoisotopic (exact) mass is 242 g/mol. The van der Waals surface area contributed by atoms with E-state index in [9.17, 15) is 0 Å². The molecule has 3 heteroatoms. The van der Waals surface area contributed by atoms with Gasteiger partial charge >= 0.3 is 0 Å². The van der Waals surface area contributed by atoms with Crippen molar-refractivity contribution in [2.24, 2.45) is 0 Å². The van der Waals surface area contributed by atoms with E-state index < -0.39 is 0 Å². The Morgan fingerprint density at radius 3 is 2.44 bits per heavy atom. The highest BCUT2D eigenvalue weighted by Gasteiger charge is 2.13.